The van der Waals surface area contributed by atoms with E-state index in [4.69, 9.17) is 9.26 Å². The minimum Gasteiger partial charge on any atom is -0.377 e. The first kappa shape index (κ1) is 7.68. The molecule has 0 N–H and O–H groups in total. The summed E-state index contributed by atoms with van der Waals surface area (Å²) in [6.07, 6.45) is 0. The van der Waals surface area contributed by atoms with Crippen LogP contribution in [0, 0.1) is 0 Å². The predicted molar refractivity (Wildman–Crippen MR) is 37.6 cm³/mol. The van der Waals surface area contributed by atoms with Crippen molar-refractivity contribution in [3.8, 4) is 0 Å². The van der Waals surface area contributed by atoms with Gasteiger partial charge in [0.25, 0.3) is 0 Å². The lowest BCUT2D eigenvalue weighted by Crippen LogP contribution is -1.89. The minimum atomic E-state index is 0.399. The van der Waals surface area contributed by atoms with E-state index in [2.05, 4.69) is 26.1 Å². The number of nitrogens with zero attached hydrogens (tertiary/aromatic N) is 2. The smallest absolute Gasteiger partial charge is 0.237 e. The molecule has 4 nitrogen and oxygen atoms in total. The molecule has 10 heavy (non-hydrogen) atoms. The lowest BCUT2D eigenvalue weighted by atomic mass is 10.6. The lowest BCUT2D eigenvalue weighted by molar-refractivity contribution is 0.174. The molecule has 0 saturated heterocycles. The largest absolute Gasteiger partial charge is 0.377 e. The highest BCUT2D eigenvalue weighted by molar-refractivity contribution is 9.08. The molecule has 5 heteroatoms. The molecule has 0 amide bonds. The summed E-state index contributed by atoms with van der Waals surface area (Å²) in [6, 6.07) is 0. The molecule has 0 aliphatic heterocycles. The fraction of sp³-hybridized carbons (Fsp3) is 0.600. The Labute approximate surface area is 66.7 Å². The topological polar surface area (TPSA) is 48.2 Å². The second-order valence-electron chi connectivity index (χ2n) is 1.67. The SMILES string of the molecule is COCc1noc(CBr)n1. The maximum Gasteiger partial charge on any atom is 0.237 e. The van der Waals surface area contributed by atoms with Crippen molar-refractivity contribution in [2.24, 2.45) is 0 Å². The first-order valence-electron chi connectivity index (χ1n) is 2.73. The van der Waals surface area contributed by atoms with Crippen LogP contribution in [0.15, 0.2) is 4.52 Å². The number of methoxy groups -OCH3 is 1. The van der Waals surface area contributed by atoms with Gasteiger partial charge >= 0.3 is 0 Å². The molecule has 1 heterocycles. The Morgan fingerprint density at radius 3 is 3.00 bits per heavy atom. The quantitative estimate of drug-likeness (QED) is 0.696. The van der Waals surface area contributed by atoms with E-state index in [1.807, 2.05) is 0 Å². The van der Waals surface area contributed by atoms with E-state index >= 15 is 0 Å². The van der Waals surface area contributed by atoms with Crippen molar-refractivity contribution in [1.82, 2.24) is 10.1 Å². The molecule has 0 aliphatic rings. The Morgan fingerprint density at radius 2 is 2.50 bits per heavy atom. The fourth-order valence-corrected chi connectivity index (χ4v) is 0.760. The highest BCUT2D eigenvalue weighted by atomic mass is 79.9. The van der Waals surface area contributed by atoms with Crippen molar-refractivity contribution in [2.45, 2.75) is 11.9 Å². The molecule has 0 saturated carbocycles. The van der Waals surface area contributed by atoms with Crippen LogP contribution in [0.3, 0.4) is 0 Å². The van der Waals surface area contributed by atoms with Crippen molar-refractivity contribution in [1.29, 1.82) is 0 Å². The zero-order valence-electron chi connectivity index (χ0n) is 5.50. The molecule has 0 fully saturated rings. The van der Waals surface area contributed by atoms with Crippen LogP contribution >= 0.6 is 15.9 Å². The molecule has 0 aromatic carbocycles. The molecule has 0 atom stereocenters. The second kappa shape index (κ2) is 3.68. The monoisotopic (exact) mass is 206 g/mol. The summed E-state index contributed by atoms with van der Waals surface area (Å²) >= 11 is 3.18. The Hall–Kier alpha value is -0.420. The van der Waals surface area contributed by atoms with Gasteiger partial charge in [-0.2, -0.15) is 4.98 Å². The molecular weight excluding hydrogens is 200 g/mol. The number of halogens is 1. The van der Waals surface area contributed by atoms with Crippen molar-refractivity contribution in [3.63, 3.8) is 0 Å². The molecule has 1 aromatic heterocycles. The average Bonchev–Trinajstić information content (AvgIpc) is 2.37. The van der Waals surface area contributed by atoms with Crippen LogP contribution in [0.25, 0.3) is 0 Å². The molecule has 0 aliphatic carbocycles. The van der Waals surface area contributed by atoms with Gasteiger partial charge in [-0.25, -0.2) is 0 Å². The van der Waals surface area contributed by atoms with Gasteiger partial charge in [0.1, 0.15) is 6.61 Å². The maximum atomic E-state index is 4.79. The zero-order valence-corrected chi connectivity index (χ0v) is 7.09. The van der Waals surface area contributed by atoms with Gasteiger partial charge < -0.3 is 9.26 Å². The summed E-state index contributed by atoms with van der Waals surface area (Å²) in [5.74, 6) is 1.16. The number of rotatable bonds is 3. The molecule has 1 aromatic rings. The Kier molecular flexibility index (Phi) is 2.82. The normalized spacial score (nSPS) is 10.2. The summed E-state index contributed by atoms with van der Waals surface area (Å²) in [7, 11) is 1.59. The summed E-state index contributed by atoms with van der Waals surface area (Å²) in [5, 5.41) is 4.22. The van der Waals surface area contributed by atoms with E-state index in [0.29, 0.717) is 23.7 Å². The summed E-state index contributed by atoms with van der Waals surface area (Å²) in [4.78, 5) is 3.97. The first-order valence-corrected chi connectivity index (χ1v) is 3.85. The van der Waals surface area contributed by atoms with Crippen LogP contribution < -0.4 is 0 Å². The van der Waals surface area contributed by atoms with Gasteiger partial charge in [-0.3, -0.25) is 0 Å². The van der Waals surface area contributed by atoms with Crippen LogP contribution in [-0.2, 0) is 16.7 Å². The van der Waals surface area contributed by atoms with Crippen LogP contribution in [0.1, 0.15) is 11.7 Å². The highest BCUT2D eigenvalue weighted by Crippen LogP contribution is 2.02. The van der Waals surface area contributed by atoms with E-state index in [9.17, 15) is 0 Å². The summed E-state index contributed by atoms with van der Waals surface area (Å²) in [5.41, 5.74) is 0. The van der Waals surface area contributed by atoms with Crippen molar-refractivity contribution in [2.75, 3.05) is 7.11 Å². The van der Waals surface area contributed by atoms with Gasteiger partial charge in [-0.1, -0.05) is 21.1 Å². The third-order valence-electron chi connectivity index (χ3n) is 0.898. The predicted octanol–water partition coefficient (Wildman–Crippen LogP) is 1.11. The molecule has 0 radical (unpaired) electrons. The third-order valence-corrected chi connectivity index (χ3v) is 1.38. The van der Waals surface area contributed by atoms with Crippen molar-refractivity contribution < 1.29 is 9.26 Å². The van der Waals surface area contributed by atoms with Gasteiger partial charge in [0, 0.05) is 7.11 Å². The maximum absolute atomic E-state index is 4.79. The zero-order chi connectivity index (χ0) is 7.40. The molecular formula is C5H7BrN2O2. The minimum absolute atomic E-state index is 0.399. The number of ether oxygens (including phenoxy) is 1. The van der Waals surface area contributed by atoms with E-state index in [0.717, 1.165) is 0 Å². The third kappa shape index (κ3) is 1.78. The van der Waals surface area contributed by atoms with Gasteiger partial charge in [-0.15, -0.1) is 0 Å². The van der Waals surface area contributed by atoms with Crippen LogP contribution in [-0.4, -0.2) is 17.3 Å². The van der Waals surface area contributed by atoms with Crippen molar-refractivity contribution >= 4 is 15.9 Å². The van der Waals surface area contributed by atoms with Gasteiger partial charge in [0.15, 0.2) is 5.82 Å². The molecule has 0 unspecified atom stereocenters. The molecule has 0 bridgehead atoms. The number of hydrogen-bond donors (Lipinski definition) is 0. The standard InChI is InChI=1S/C5H7BrN2O2/c1-9-3-4-7-5(2-6)10-8-4/h2-3H2,1H3. The van der Waals surface area contributed by atoms with E-state index in [-0.39, 0.29) is 0 Å². The van der Waals surface area contributed by atoms with Crippen molar-refractivity contribution in [3.05, 3.63) is 11.7 Å². The Morgan fingerprint density at radius 1 is 1.70 bits per heavy atom. The van der Waals surface area contributed by atoms with E-state index < -0.39 is 0 Å². The van der Waals surface area contributed by atoms with Gasteiger partial charge in [0.05, 0.1) is 5.33 Å². The highest BCUT2D eigenvalue weighted by Gasteiger charge is 2.02. The average molecular weight is 207 g/mol. The van der Waals surface area contributed by atoms with Gasteiger partial charge in [-0.05, 0) is 0 Å². The molecule has 1 rings (SSSR count). The van der Waals surface area contributed by atoms with E-state index in [1.54, 1.807) is 7.11 Å². The molecule has 56 valence electrons. The second-order valence-corrected chi connectivity index (χ2v) is 2.23. The summed E-state index contributed by atoms with van der Waals surface area (Å²) < 4.78 is 9.56. The van der Waals surface area contributed by atoms with Crippen LogP contribution in [0.5, 0.6) is 0 Å². The first-order chi connectivity index (χ1) is 4.86. The van der Waals surface area contributed by atoms with Crippen LogP contribution in [0.4, 0.5) is 0 Å². The Balaban J connectivity index is 2.59. The van der Waals surface area contributed by atoms with Crippen LogP contribution in [0.2, 0.25) is 0 Å². The lowest BCUT2D eigenvalue weighted by Gasteiger charge is -1.85. The van der Waals surface area contributed by atoms with Gasteiger partial charge in [0.2, 0.25) is 5.89 Å². The number of alkyl halides is 1. The van der Waals surface area contributed by atoms with E-state index in [1.165, 1.54) is 0 Å². The molecule has 0 spiro atoms. The Bertz CT molecular complexity index is 201. The number of hydrogen-bond acceptors (Lipinski definition) is 4. The summed E-state index contributed by atoms with van der Waals surface area (Å²) in [6.45, 7) is 0.399. The fourth-order valence-electron chi connectivity index (χ4n) is 0.532. The number of aromatic nitrogens is 2.